The lowest BCUT2D eigenvalue weighted by Crippen LogP contribution is -2.41. The van der Waals surface area contributed by atoms with Gasteiger partial charge in [0.1, 0.15) is 12.4 Å². The molecule has 19 heavy (non-hydrogen) atoms. The van der Waals surface area contributed by atoms with Crippen molar-refractivity contribution < 1.29 is 14.7 Å². The first kappa shape index (κ1) is 15.1. The molecule has 0 unspecified atom stereocenters. The monoisotopic (exact) mass is 265 g/mol. The summed E-state index contributed by atoms with van der Waals surface area (Å²) >= 11 is 0. The van der Waals surface area contributed by atoms with Crippen molar-refractivity contribution in [1.82, 2.24) is 15.3 Å². The average Bonchev–Trinajstić information content (AvgIpc) is 2.36. The van der Waals surface area contributed by atoms with E-state index in [1.54, 1.807) is 12.3 Å². The van der Waals surface area contributed by atoms with Gasteiger partial charge in [-0.15, -0.1) is 0 Å². The number of amides is 1. The molecular weight excluding hydrogens is 246 g/mol. The van der Waals surface area contributed by atoms with Gasteiger partial charge in [-0.3, -0.25) is 4.79 Å². The Labute approximate surface area is 112 Å². The van der Waals surface area contributed by atoms with Crippen LogP contribution < -0.4 is 5.32 Å². The second kappa shape index (κ2) is 7.45. The van der Waals surface area contributed by atoms with Gasteiger partial charge in [0, 0.05) is 18.3 Å². The van der Waals surface area contributed by atoms with Crippen LogP contribution in [0, 0.1) is 5.92 Å². The third-order valence-corrected chi connectivity index (χ3v) is 2.59. The van der Waals surface area contributed by atoms with Gasteiger partial charge < -0.3 is 10.4 Å². The predicted molar refractivity (Wildman–Crippen MR) is 69.4 cm³/mol. The smallest absolute Gasteiger partial charge is 0.326 e. The van der Waals surface area contributed by atoms with Crippen LogP contribution >= 0.6 is 0 Å². The zero-order valence-corrected chi connectivity index (χ0v) is 11.2. The minimum Gasteiger partial charge on any atom is -0.480 e. The Morgan fingerprint density at radius 3 is 2.68 bits per heavy atom. The summed E-state index contributed by atoms with van der Waals surface area (Å²) in [5.74, 6) is -1.06. The maximum atomic E-state index is 11.7. The fourth-order valence-corrected chi connectivity index (χ4v) is 1.67. The summed E-state index contributed by atoms with van der Waals surface area (Å²) < 4.78 is 0. The van der Waals surface area contributed by atoms with E-state index in [4.69, 9.17) is 5.11 Å². The van der Waals surface area contributed by atoms with Crippen molar-refractivity contribution in [1.29, 1.82) is 0 Å². The van der Waals surface area contributed by atoms with Crippen LogP contribution in [0.2, 0.25) is 0 Å². The van der Waals surface area contributed by atoms with E-state index in [-0.39, 0.29) is 18.2 Å². The fraction of sp³-hybridized carbons (Fsp3) is 0.538. The van der Waals surface area contributed by atoms with E-state index in [2.05, 4.69) is 15.3 Å². The number of carboxylic acid groups (broad SMARTS) is 1. The zero-order valence-electron chi connectivity index (χ0n) is 11.2. The van der Waals surface area contributed by atoms with E-state index in [0.29, 0.717) is 12.8 Å². The topological polar surface area (TPSA) is 92.2 Å². The third-order valence-electron chi connectivity index (χ3n) is 2.59. The standard InChI is InChI=1S/C13H19N3O3/c1-9(2)7-11(13(18)19)16-12(17)4-3-10-5-6-14-8-15-10/h5-6,8-9,11H,3-4,7H2,1-2H3,(H,16,17)(H,18,19)/t11-/m1/s1. The number of carbonyl (C=O) groups is 2. The summed E-state index contributed by atoms with van der Waals surface area (Å²) in [7, 11) is 0. The molecule has 1 atom stereocenters. The summed E-state index contributed by atoms with van der Waals surface area (Å²) in [5.41, 5.74) is 0.765. The average molecular weight is 265 g/mol. The summed E-state index contributed by atoms with van der Waals surface area (Å²) in [4.78, 5) is 30.5. The lowest BCUT2D eigenvalue weighted by Gasteiger charge is -2.16. The molecule has 0 saturated heterocycles. The van der Waals surface area contributed by atoms with Crippen molar-refractivity contribution in [3.63, 3.8) is 0 Å². The second-order valence-electron chi connectivity index (χ2n) is 4.79. The highest BCUT2D eigenvalue weighted by Crippen LogP contribution is 2.06. The molecule has 0 aliphatic rings. The van der Waals surface area contributed by atoms with Crippen molar-refractivity contribution in [3.8, 4) is 0 Å². The molecule has 1 heterocycles. The van der Waals surface area contributed by atoms with Crippen LogP contribution in [0.4, 0.5) is 0 Å². The molecule has 0 fully saturated rings. The van der Waals surface area contributed by atoms with Gasteiger partial charge in [-0.1, -0.05) is 13.8 Å². The minimum atomic E-state index is -0.996. The van der Waals surface area contributed by atoms with Crippen LogP contribution in [0.1, 0.15) is 32.4 Å². The first-order valence-corrected chi connectivity index (χ1v) is 6.26. The lowest BCUT2D eigenvalue weighted by atomic mass is 10.0. The number of carboxylic acids is 1. The number of rotatable bonds is 7. The van der Waals surface area contributed by atoms with Crippen molar-refractivity contribution in [2.24, 2.45) is 5.92 Å². The number of carbonyl (C=O) groups excluding carboxylic acids is 1. The molecule has 6 nitrogen and oxygen atoms in total. The molecule has 0 aliphatic carbocycles. The van der Waals surface area contributed by atoms with Gasteiger partial charge in [0.2, 0.25) is 5.91 Å². The molecule has 0 spiro atoms. The van der Waals surface area contributed by atoms with E-state index in [1.165, 1.54) is 6.33 Å². The van der Waals surface area contributed by atoms with Gasteiger partial charge in [0.05, 0.1) is 0 Å². The van der Waals surface area contributed by atoms with E-state index in [1.807, 2.05) is 13.8 Å². The van der Waals surface area contributed by atoms with Gasteiger partial charge in [0.25, 0.3) is 0 Å². The number of hydrogen-bond donors (Lipinski definition) is 2. The van der Waals surface area contributed by atoms with Crippen molar-refractivity contribution in [2.75, 3.05) is 0 Å². The van der Waals surface area contributed by atoms with Gasteiger partial charge in [-0.25, -0.2) is 14.8 Å². The summed E-state index contributed by atoms with van der Waals surface area (Å²) in [6.45, 7) is 3.84. The lowest BCUT2D eigenvalue weighted by molar-refractivity contribution is -0.142. The molecule has 1 rings (SSSR count). The highest BCUT2D eigenvalue weighted by Gasteiger charge is 2.20. The predicted octanol–water partition coefficient (Wildman–Crippen LogP) is 1.02. The van der Waals surface area contributed by atoms with Crippen LogP contribution in [0.15, 0.2) is 18.6 Å². The molecule has 0 aliphatic heterocycles. The Morgan fingerprint density at radius 2 is 2.16 bits per heavy atom. The molecule has 6 heteroatoms. The molecule has 1 aromatic heterocycles. The quantitative estimate of drug-likeness (QED) is 0.768. The maximum Gasteiger partial charge on any atom is 0.326 e. The second-order valence-corrected chi connectivity index (χ2v) is 4.79. The summed E-state index contributed by atoms with van der Waals surface area (Å²) in [6.07, 6.45) is 4.15. The third kappa shape index (κ3) is 5.94. The Morgan fingerprint density at radius 1 is 1.42 bits per heavy atom. The maximum absolute atomic E-state index is 11.7. The fourth-order valence-electron chi connectivity index (χ4n) is 1.67. The van der Waals surface area contributed by atoms with Crippen LogP contribution in [0.5, 0.6) is 0 Å². The SMILES string of the molecule is CC(C)C[C@@H](NC(=O)CCc1ccncn1)C(=O)O. The number of aromatic nitrogens is 2. The molecule has 1 aromatic rings. The molecule has 104 valence electrons. The number of aliphatic carboxylic acids is 1. The number of nitrogens with zero attached hydrogens (tertiary/aromatic N) is 2. The molecule has 0 saturated carbocycles. The first-order valence-electron chi connectivity index (χ1n) is 6.26. The molecule has 1 amide bonds. The van der Waals surface area contributed by atoms with E-state index in [0.717, 1.165) is 5.69 Å². The first-order chi connectivity index (χ1) is 8.99. The molecule has 0 radical (unpaired) electrons. The zero-order chi connectivity index (χ0) is 14.3. The molecule has 0 aromatic carbocycles. The summed E-state index contributed by atoms with van der Waals surface area (Å²) in [5, 5.41) is 11.6. The number of aryl methyl sites for hydroxylation is 1. The van der Waals surface area contributed by atoms with Gasteiger partial charge in [0.15, 0.2) is 0 Å². The molecule has 0 bridgehead atoms. The highest BCUT2D eigenvalue weighted by molar-refractivity contribution is 5.83. The largest absolute Gasteiger partial charge is 0.480 e. The Kier molecular flexibility index (Phi) is 5.92. The number of hydrogen-bond acceptors (Lipinski definition) is 4. The van der Waals surface area contributed by atoms with Crippen LogP contribution in [0.25, 0.3) is 0 Å². The Bertz CT molecular complexity index is 420. The van der Waals surface area contributed by atoms with Gasteiger partial charge in [-0.05, 0) is 24.8 Å². The van der Waals surface area contributed by atoms with Crippen molar-refractivity contribution in [2.45, 2.75) is 39.2 Å². The van der Waals surface area contributed by atoms with Crippen LogP contribution in [-0.4, -0.2) is 33.0 Å². The number of nitrogens with one attached hydrogen (secondary N) is 1. The van der Waals surface area contributed by atoms with E-state index < -0.39 is 12.0 Å². The Balaban J connectivity index is 2.42. The van der Waals surface area contributed by atoms with E-state index in [9.17, 15) is 9.59 Å². The highest BCUT2D eigenvalue weighted by atomic mass is 16.4. The molecular formula is C13H19N3O3. The summed E-state index contributed by atoms with van der Waals surface area (Å²) in [6, 6.07) is 0.911. The Hall–Kier alpha value is -1.98. The van der Waals surface area contributed by atoms with Crippen molar-refractivity contribution >= 4 is 11.9 Å². The molecule has 2 N–H and O–H groups in total. The van der Waals surface area contributed by atoms with Crippen molar-refractivity contribution in [3.05, 3.63) is 24.3 Å². The van der Waals surface area contributed by atoms with Crippen LogP contribution in [-0.2, 0) is 16.0 Å². The van der Waals surface area contributed by atoms with E-state index >= 15 is 0 Å². The van der Waals surface area contributed by atoms with Gasteiger partial charge in [-0.2, -0.15) is 0 Å². The van der Waals surface area contributed by atoms with Crippen LogP contribution in [0.3, 0.4) is 0 Å². The normalized spacial score (nSPS) is 12.2. The van der Waals surface area contributed by atoms with Gasteiger partial charge >= 0.3 is 5.97 Å². The minimum absolute atomic E-state index is 0.211.